The van der Waals surface area contributed by atoms with Crippen molar-refractivity contribution in [2.75, 3.05) is 38.2 Å². The maximum absolute atomic E-state index is 11.9. The van der Waals surface area contributed by atoms with Gasteiger partial charge in [0.15, 0.2) is 0 Å². The van der Waals surface area contributed by atoms with E-state index in [9.17, 15) is 9.90 Å². The second-order valence-corrected chi connectivity index (χ2v) is 7.39. The van der Waals surface area contributed by atoms with E-state index < -0.39 is 5.63 Å². The summed E-state index contributed by atoms with van der Waals surface area (Å²) in [5.41, 5.74) is 1.90. The number of methoxy groups -OCH3 is 1. The van der Waals surface area contributed by atoms with E-state index >= 15 is 0 Å². The first kappa shape index (κ1) is 18.7. The zero-order valence-electron chi connectivity index (χ0n) is 15.5. The van der Waals surface area contributed by atoms with Crippen LogP contribution in [0.4, 0.5) is 5.69 Å². The van der Waals surface area contributed by atoms with Gasteiger partial charge in [-0.05, 0) is 36.4 Å². The van der Waals surface area contributed by atoms with Crippen LogP contribution in [0.25, 0.3) is 11.0 Å². The molecule has 1 fully saturated rings. The molecule has 0 unspecified atom stereocenters. The molecular weight excluding hydrogens is 380 g/mol. The summed E-state index contributed by atoms with van der Waals surface area (Å²) in [5.74, 6) is 0.512. The number of piperazine rings is 1. The Hall–Kier alpha value is -2.70. The summed E-state index contributed by atoms with van der Waals surface area (Å²) in [4.78, 5) is 15.6. The van der Waals surface area contributed by atoms with Crippen LogP contribution in [-0.4, -0.2) is 33.3 Å². The molecule has 7 heteroatoms. The van der Waals surface area contributed by atoms with Gasteiger partial charge in [-0.15, -0.1) is 0 Å². The van der Waals surface area contributed by atoms with Crippen LogP contribution in [-0.2, 0) is 6.54 Å². The zero-order valence-corrected chi connectivity index (χ0v) is 16.3. The van der Waals surface area contributed by atoms with Gasteiger partial charge in [0.1, 0.15) is 17.9 Å². The summed E-state index contributed by atoms with van der Waals surface area (Å²) >= 11 is 6.00. The van der Waals surface area contributed by atoms with Crippen LogP contribution in [0.15, 0.2) is 51.7 Å². The van der Waals surface area contributed by atoms with E-state index in [-0.39, 0.29) is 10.8 Å². The molecule has 1 aliphatic heterocycles. The zero-order chi connectivity index (χ0) is 19.7. The molecule has 6 nitrogen and oxygen atoms in total. The minimum Gasteiger partial charge on any atom is -0.871 e. The van der Waals surface area contributed by atoms with Crippen molar-refractivity contribution < 1.29 is 19.2 Å². The number of rotatable bonds is 4. The van der Waals surface area contributed by atoms with Crippen LogP contribution < -0.4 is 25.3 Å². The fraction of sp³-hybridized carbons (Fsp3) is 0.286. The Labute approximate surface area is 167 Å². The first-order valence-corrected chi connectivity index (χ1v) is 9.57. The molecule has 1 N–H and O–H groups in total. The highest BCUT2D eigenvalue weighted by atomic mass is 35.5. The van der Waals surface area contributed by atoms with Crippen molar-refractivity contribution in [2.45, 2.75) is 6.54 Å². The van der Waals surface area contributed by atoms with E-state index in [2.05, 4.69) is 17.0 Å². The average Bonchev–Trinajstić information content (AvgIpc) is 2.70. The molecule has 1 saturated heterocycles. The van der Waals surface area contributed by atoms with Gasteiger partial charge in [0.25, 0.3) is 0 Å². The van der Waals surface area contributed by atoms with Gasteiger partial charge in [-0.3, -0.25) is 0 Å². The summed E-state index contributed by atoms with van der Waals surface area (Å²) in [6.07, 6.45) is 0. The monoisotopic (exact) mass is 400 g/mol. The van der Waals surface area contributed by atoms with Gasteiger partial charge in [-0.2, -0.15) is 0 Å². The summed E-state index contributed by atoms with van der Waals surface area (Å²) in [5, 5.41) is 12.6. The van der Waals surface area contributed by atoms with E-state index in [0.29, 0.717) is 12.1 Å². The number of benzene rings is 2. The van der Waals surface area contributed by atoms with Crippen molar-refractivity contribution in [1.29, 1.82) is 0 Å². The second kappa shape index (κ2) is 7.73. The van der Waals surface area contributed by atoms with Gasteiger partial charge in [-0.1, -0.05) is 17.4 Å². The van der Waals surface area contributed by atoms with Gasteiger partial charge < -0.3 is 24.1 Å². The minimum atomic E-state index is -0.444. The predicted molar refractivity (Wildman–Crippen MR) is 107 cm³/mol. The molecule has 3 aromatic rings. The molecule has 0 radical (unpaired) electrons. The topological polar surface area (TPSA) is 70.2 Å². The average molecular weight is 401 g/mol. The van der Waals surface area contributed by atoms with Crippen molar-refractivity contribution in [1.82, 2.24) is 0 Å². The quantitative estimate of drug-likeness (QED) is 0.671. The molecule has 0 saturated carbocycles. The number of hydrogen-bond donors (Lipinski definition) is 1. The minimum absolute atomic E-state index is 0.141. The number of nitrogens with one attached hydrogen (secondary N) is 1. The van der Waals surface area contributed by atoms with E-state index in [0.717, 1.165) is 42.9 Å². The Bertz CT molecular complexity index is 1040. The Morgan fingerprint density at radius 3 is 2.57 bits per heavy atom. The Morgan fingerprint density at radius 1 is 1.18 bits per heavy atom. The third-order valence-electron chi connectivity index (χ3n) is 5.23. The van der Waals surface area contributed by atoms with Crippen molar-refractivity contribution >= 4 is 28.3 Å². The fourth-order valence-electron chi connectivity index (χ4n) is 3.69. The van der Waals surface area contributed by atoms with Crippen LogP contribution in [0.3, 0.4) is 0 Å². The lowest BCUT2D eigenvalue weighted by atomic mass is 10.1. The van der Waals surface area contributed by atoms with Gasteiger partial charge in [0.05, 0.1) is 33.3 Å². The number of fused-ring (bicyclic) bond motifs is 1. The van der Waals surface area contributed by atoms with Gasteiger partial charge >= 0.3 is 5.63 Å². The number of anilines is 1. The highest BCUT2D eigenvalue weighted by Crippen LogP contribution is 2.28. The van der Waals surface area contributed by atoms with Gasteiger partial charge in [0.2, 0.25) is 0 Å². The third-order valence-corrected chi connectivity index (χ3v) is 5.53. The van der Waals surface area contributed by atoms with Crippen molar-refractivity contribution in [3.63, 3.8) is 0 Å². The van der Waals surface area contributed by atoms with Crippen molar-refractivity contribution in [2.24, 2.45) is 0 Å². The Balaban J connectivity index is 1.49. The largest absolute Gasteiger partial charge is 0.871 e. The molecular formula is C21H21ClN2O4. The number of nitrogens with zero attached hydrogens (tertiary/aromatic N) is 1. The molecule has 0 amide bonds. The predicted octanol–water partition coefficient (Wildman–Crippen LogP) is 1.43. The normalized spacial score (nSPS) is 15.1. The summed E-state index contributed by atoms with van der Waals surface area (Å²) in [6.45, 7) is 4.42. The van der Waals surface area contributed by atoms with Crippen LogP contribution in [0.5, 0.6) is 11.5 Å². The van der Waals surface area contributed by atoms with Crippen LogP contribution in [0.1, 0.15) is 5.56 Å². The highest BCUT2D eigenvalue weighted by Gasteiger charge is 2.22. The number of hydrogen-bond acceptors (Lipinski definition) is 5. The first-order valence-electron chi connectivity index (χ1n) is 9.19. The Morgan fingerprint density at radius 2 is 1.89 bits per heavy atom. The summed E-state index contributed by atoms with van der Waals surface area (Å²) < 4.78 is 10.4. The molecule has 2 heterocycles. The summed E-state index contributed by atoms with van der Waals surface area (Å²) in [7, 11) is 1.66. The van der Waals surface area contributed by atoms with E-state index in [1.807, 2.05) is 12.1 Å². The fourth-order valence-corrected chi connectivity index (χ4v) is 3.86. The first-order chi connectivity index (χ1) is 13.5. The molecule has 146 valence electrons. The molecule has 2 aromatic carbocycles. The number of quaternary nitrogens is 1. The van der Waals surface area contributed by atoms with E-state index in [1.54, 1.807) is 13.2 Å². The van der Waals surface area contributed by atoms with Gasteiger partial charge in [-0.25, -0.2) is 4.79 Å². The van der Waals surface area contributed by atoms with E-state index in [1.165, 1.54) is 22.7 Å². The van der Waals surface area contributed by atoms with Crippen LogP contribution >= 0.6 is 11.6 Å². The molecule has 0 aliphatic carbocycles. The van der Waals surface area contributed by atoms with Crippen LogP contribution in [0, 0.1) is 0 Å². The lowest BCUT2D eigenvalue weighted by molar-refractivity contribution is -0.914. The standard InChI is InChI=1S/C21H21ClN2O4/c1-27-16-4-2-15(3-5-16)24-8-6-23(7-9-24)13-14-10-21(26)28-20-12-19(25)18(22)11-17(14)20/h2-5,10-12,25H,6-9,13H2,1H3. The lowest BCUT2D eigenvalue weighted by Crippen LogP contribution is -3.13. The molecule has 1 aromatic heterocycles. The third kappa shape index (κ3) is 3.79. The van der Waals surface area contributed by atoms with E-state index in [4.69, 9.17) is 20.8 Å². The molecule has 0 bridgehead atoms. The number of ether oxygens (including phenoxy) is 1. The highest BCUT2D eigenvalue weighted by molar-refractivity contribution is 6.32. The smallest absolute Gasteiger partial charge is 0.336 e. The van der Waals surface area contributed by atoms with Crippen LogP contribution in [0.2, 0.25) is 5.02 Å². The maximum Gasteiger partial charge on any atom is 0.336 e. The molecule has 28 heavy (non-hydrogen) atoms. The molecule has 4 rings (SSSR count). The molecule has 0 spiro atoms. The lowest BCUT2D eigenvalue weighted by Gasteiger charge is -2.33. The SMILES string of the molecule is COc1ccc(N2CC[NH+](Cc3cc(=O)oc4cc([O-])c(Cl)cc34)CC2)cc1. The number of halogens is 1. The summed E-state index contributed by atoms with van der Waals surface area (Å²) in [6, 6.07) is 12.5. The van der Waals surface area contributed by atoms with Crippen molar-refractivity contribution in [3.05, 3.63) is 63.5 Å². The van der Waals surface area contributed by atoms with Gasteiger partial charge in [0, 0.05) is 27.7 Å². The maximum atomic E-state index is 11.9. The molecule has 1 aliphatic rings. The Kier molecular flexibility index (Phi) is 5.15. The van der Waals surface area contributed by atoms with Crippen molar-refractivity contribution in [3.8, 4) is 11.5 Å². The second-order valence-electron chi connectivity index (χ2n) is 6.98. The molecule has 0 atom stereocenters.